The molecule has 0 saturated carbocycles. The minimum atomic E-state index is -0.407. The van der Waals surface area contributed by atoms with Crippen molar-refractivity contribution in [2.24, 2.45) is 5.92 Å². The summed E-state index contributed by atoms with van der Waals surface area (Å²) in [6.45, 7) is 5.90. The van der Waals surface area contributed by atoms with Crippen LogP contribution in [-0.2, 0) is 4.79 Å². The Morgan fingerprint density at radius 2 is 1.95 bits per heavy atom. The Morgan fingerprint density at radius 1 is 1.33 bits per heavy atom. The maximum absolute atomic E-state index is 13.3. The van der Waals surface area contributed by atoms with E-state index in [0.29, 0.717) is 17.9 Å². The minimum Gasteiger partial charge on any atom is -0.508 e. The van der Waals surface area contributed by atoms with E-state index in [-0.39, 0.29) is 23.7 Å². The third kappa shape index (κ3) is 5.01. The molecule has 2 atom stereocenters. The molecule has 0 aliphatic rings. The molecular weight excluding hydrogens is 271 g/mol. The lowest BCUT2D eigenvalue weighted by atomic mass is 10.00. The van der Waals surface area contributed by atoms with E-state index in [1.165, 1.54) is 23.1 Å². The number of carbonyl (C=O) groups excluding carboxylic acids is 1. The molecule has 1 rings (SSSR count). The lowest BCUT2D eigenvalue weighted by Gasteiger charge is -2.27. The summed E-state index contributed by atoms with van der Waals surface area (Å²) >= 11 is 0. The van der Waals surface area contributed by atoms with Gasteiger partial charge in [0, 0.05) is 25.7 Å². The van der Waals surface area contributed by atoms with Gasteiger partial charge in [-0.15, -0.1) is 0 Å². The molecule has 2 N–H and O–H groups in total. The van der Waals surface area contributed by atoms with Crippen LogP contribution in [0.1, 0.15) is 38.8 Å². The van der Waals surface area contributed by atoms with Gasteiger partial charge in [-0.25, -0.2) is 4.39 Å². The SMILES string of the molecule is CC(C)CC(NC(C)c1cc(F)ccc1O)C(=O)N(C)C. The maximum Gasteiger partial charge on any atom is 0.239 e. The smallest absolute Gasteiger partial charge is 0.239 e. The molecule has 2 unspecified atom stereocenters. The Morgan fingerprint density at radius 3 is 2.48 bits per heavy atom. The largest absolute Gasteiger partial charge is 0.508 e. The Hall–Kier alpha value is -1.62. The van der Waals surface area contributed by atoms with Crippen molar-refractivity contribution in [3.63, 3.8) is 0 Å². The summed E-state index contributed by atoms with van der Waals surface area (Å²) in [6, 6.07) is 3.14. The third-order valence-corrected chi connectivity index (χ3v) is 3.35. The number of carbonyl (C=O) groups is 1. The van der Waals surface area contributed by atoms with Gasteiger partial charge in [-0.3, -0.25) is 10.1 Å². The molecule has 0 bridgehead atoms. The van der Waals surface area contributed by atoms with Gasteiger partial charge in [0.1, 0.15) is 11.6 Å². The second kappa shape index (κ2) is 7.41. The quantitative estimate of drug-likeness (QED) is 0.848. The van der Waals surface area contributed by atoms with E-state index in [1.807, 2.05) is 20.8 Å². The van der Waals surface area contributed by atoms with Gasteiger partial charge in [-0.2, -0.15) is 0 Å². The summed E-state index contributed by atoms with van der Waals surface area (Å²) in [5, 5.41) is 13.0. The van der Waals surface area contributed by atoms with Gasteiger partial charge in [-0.1, -0.05) is 13.8 Å². The van der Waals surface area contributed by atoms with Crippen molar-refractivity contribution in [2.75, 3.05) is 14.1 Å². The Balaban J connectivity index is 2.91. The van der Waals surface area contributed by atoms with E-state index in [9.17, 15) is 14.3 Å². The summed E-state index contributed by atoms with van der Waals surface area (Å²) < 4.78 is 13.3. The number of benzene rings is 1. The fourth-order valence-electron chi connectivity index (χ4n) is 2.29. The van der Waals surface area contributed by atoms with Gasteiger partial charge in [0.2, 0.25) is 5.91 Å². The molecule has 0 fully saturated rings. The first-order chi connectivity index (χ1) is 9.72. The van der Waals surface area contributed by atoms with Gasteiger partial charge in [0.15, 0.2) is 0 Å². The number of nitrogens with zero attached hydrogens (tertiary/aromatic N) is 1. The van der Waals surface area contributed by atoms with Gasteiger partial charge in [-0.05, 0) is 37.5 Å². The van der Waals surface area contributed by atoms with Crippen LogP contribution < -0.4 is 5.32 Å². The van der Waals surface area contributed by atoms with Crippen molar-refractivity contribution in [1.82, 2.24) is 10.2 Å². The Labute approximate surface area is 126 Å². The van der Waals surface area contributed by atoms with Crippen LogP contribution in [0, 0.1) is 11.7 Å². The zero-order chi connectivity index (χ0) is 16.2. The zero-order valence-corrected chi connectivity index (χ0v) is 13.4. The molecule has 118 valence electrons. The first-order valence-corrected chi connectivity index (χ1v) is 7.18. The van der Waals surface area contributed by atoms with Crippen LogP contribution >= 0.6 is 0 Å². The highest BCUT2D eigenvalue weighted by Crippen LogP contribution is 2.25. The van der Waals surface area contributed by atoms with Crippen LogP contribution in [0.25, 0.3) is 0 Å². The van der Waals surface area contributed by atoms with E-state index < -0.39 is 5.82 Å². The van der Waals surface area contributed by atoms with Crippen molar-refractivity contribution >= 4 is 5.91 Å². The fraction of sp³-hybridized carbons (Fsp3) is 0.562. The highest BCUT2D eigenvalue weighted by atomic mass is 19.1. The third-order valence-electron chi connectivity index (χ3n) is 3.35. The standard InChI is InChI=1S/C16H25FN2O2/c1-10(2)8-14(16(21)19(4)5)18-11(3)13-9-12(17)6-7-15(13)20/h6-7,9-11,14,18,20H,8H2,1-5H3. The number of phenolic OH excluding ortho intramolecular Hbond substituents is 1. The van der Waals surface area contributed by atoms with E-state index in [0.717, 1.165) is 0 Å². The van der Waals surface area contributed by atoms with Crippen molar-refractivity contribution in [3.05, 3.63) is 29.6 Å². The summed E-state index contributed by atoms with van der Waals surface area (Å²) in [5.74, 6) is -0.0565. The number of nitrogens with one attached hydrogen (secondary N) is 1. The number of phenols is 1. The normalized spacial score (nSPS) is 14.0. The molecule has 0 spiro atoms. The Bertz CT molecular complexity index is 489. The van der Waals surface area contributed by atoms with Gasteiger partial charge < -0.3 is 10.0 Å². The van der Waals surface area contributed by atoms with Crippen LogP contribution in [0.4, 0.5) is 4.39 Å². The highest BCUT2D eigenvalue weighted by molar-refractivity contribution is 5.81. The molecule has 4 nitrogen and oxygen atoms in total. The summed E-state index contributed by atoms with van der Waals surface area (Å²) in [4.78, 5) is 13.8. The molecule has 21 heavy (non-hydrogen) atoms. The van der Waals surface area contributed by atoms with Crippen molar-refractivity contribution in [3.8, 4) is 5.75 Å². The molecule has 5 heteroatoms. The van der Waals surface area contributed by atoms with Crippen molar-refractivity contribution in [2.45, 2.75) is 39.3 Å². The van der Waals surface area contributed by atoms with Gasteiger partial charge >= 0.3 is 0 Å². The second-order valence-corrected chi connectivity index (χ2v) is 6.01. The molecule has 1 aromatic carbocycles. The first kappa shape index (κ1) is 17.4. The number of rotatable bonds is 6. The Kier molecular flexibility index (Phi) is 6.15. The number of halogens is 1. The lowest BCUT2D eigenvalue weighted by molar-refractivity contribution is -0.131. The minimum absolute atomic E-state index is 0.0218. The molecule has 1 aromatic rings. The number of amides is 1. The monoisotopic (exact) mass is 296 g/mol. The fourth-order valence-corrected chi connectivity index (χ4v) is 2.29. The predicted octanol–water partition coefficient (Wildman–Crippen LogP) is 2.68. The van der Waals surface area contributed by atoms with E-state index in [2.05, 4.69) is 5.32 Å². The number of likely N-dealkylation sites (N-methyl/N-ethyl adjacent to an activating group) is 1. The maximum atomic E-state index is 13.3. The molecule has 0 heterocycles. The number of hydrogen-bond donors (Lipinski definition) is 2. The number of aromatic hydroxyl groups is 1. The number of hydrogen-bond acceptors (Lipinski definition) is 3. The van der Waals surface area contributed by atoms with Crippen molar-refractivity contribution < 1.29 is 14.3 Å². The van der Waals surface area contributed by atoms with Crippen LogP contribution in [0.2, 0.25) is 0 Å². The average molecular weight is 296 g/mol. The zero-order valence-electron chi connectivity index (χ0n) is 13.4. The molecule has 0 saturated heterocycles. The lowest BCUT2D eigenvalue weighted by Crippen LogP contribution is -2.45. The van der Waals surface area contributed by atoms with Crippen LogP contribution in [-0.4, -0.2) is 36.1 Å². The second-order valence-electron chi connectivity index (χ2n) is 6.01. The van der Waals surface area contributed by atoms with E-state index in [1.54, 1.807) is 14.1 Å². The first-order valence-electron chi connectivity index (χ1n) is 7.18. The molecule has 0 radical (unpaired) electrons. The molecule has 1 amide bonds. The van der Waals surface area contributed by atoms with Crippen molar-refractivity contribution in [1.29, 1.82) is 0 Å². The van der Waals surface area contributed by atoms with Crippen LogP contribution in [0.5, 0.6) is 5.75 Å². The molecule has 0 aliphatic carbocycles. The molecular formula is C16H25FN2O2. The van der Waals surface area contributed by atoms with Crippen LogP contribution in [0.3, 0.4) is 0 Å². The summed E-state index contributed by atoms with van der Waals surface area (Å²) in [5.41, 5.74) is 0.454. The summed E-state index contributed by atoms with van der Waals surface area (Å²) in [7, 11) is 3.42. The van der Waals surface area contributed by atoms with Gasteiger partial charge in [0.25, 0.3) is 0 Å². The van der Waals surface area contributed by atoms with Gasteiger partial charge in [0.05, 0.1) is 6.04 Å². The van der Waals surface area contributed by atoms with E-state index in [4.69, 9.17) is 0 Å². The van der Waals surface area contributed by atoms with Crippen LogP contribution in [0.15, 0.2) is 18.2 Å². The summed E-state index contributed by atoms with van der Waals surface area (Å²) in [6.07, 6.45) is 0.678. The predicted molar refractivity (Wildman–Crippen MR) is 81.6 cm³/mol. The molecule has 0 aromatic heterocycles. The topological polar surface area (TPSA) is 52.6 Å². The van der Waals surface area contributed by atoms with E-state index >= 15 is 0 Å². The molecule has 0 aliphatic heterocycles. The average Bonchev–Trinajstić information content (AvgIpc) is 2.39. The highest BCUT2D eigenvalue weighted by Gasteiger charge is 2.24.